The monoisotopic (exact) mass is 406 g/mol. The fraction of sp³-hybridized carbons (Fsp3) is 0.292. The van der Waals surface area contributed by atoms with E-state index in [9.17, 15) is 14.0 Å². The van der Waals surface area contributed by atoms with Crippen LogP contribution >= 0.6 is 0 Å². The molecule has 2 heterocycles. The van der Waals surface area contributed by atoms with Crippen molar-refractivity contribution in [3.05, 3.63) is 71.7 Å². The quantitative estimate of drug-likeness (QED) is 0.603. The smallest absolute Gasteiger partial charge is 0.290 e. The Morgan fingerprint density at radius 3 is 2.53 bits per heavy atom. The van der Waals surface area contributed by atoms with Crippen LogP contribution in [0.1, 0.15) is 29.9 Å². The molecule has 0 N–H and O–H groups in total. The lowest BCUT2D eigenvalue weighted by atomic mass is 9.87. The molecule has 0 unspecified atom stereocenters. The van der Waals surface area contributed by atoms with Crippen molar-refractivity contribution in [2.24, 2.45) is 0 Å². The van der Waals surface area contributed by atoms with Gasteiger partial charge in [0.1, 0.15) is 11.6 Å². The number of fused-ring (bicyclic) bond motifs is 1. The Bertz CT molecular complexity index is 1070. The highest BCUT2D eigenvalue weighted by Crippen LogP contribution is 2.32. The van der Waals surface area contributed by atoms with Crippen LogP contribution in [0.15, 0.2) is 54.7 Å². The molecule has 6 heteroatoms. The van der Waals surface area contributed by atoms with Crippen molar-refractivity contribution in [1.29, 1.82) is 0 Å². The third kappa shape index (κ3) is 4.17. The van der Waals surface area contributed by atoms with Crippen LogP contribution < -0.4 is 4.74 Å². The first-order valence-electron chi connectivity index (χ1n) is 10.0. The number of carbonyl (C=O) groups is 2. The van der Waals surface area contributed by atoms with Gasteiger partial charge in [-0.3, -0.25) is 14.6 Å². The van der Waals surface area contributed by atoms with Gasteiger partial charge in [-0.05, 0) is 66.3 Å². The van der Waals surface area contributed by atoms with Crippen molar-refractivity contribution in [3.63, 3.8) is 0 Å². The summed E-state index contributed by atoms with van der Waals surface area (Å²) in [6.45, 7) is 1.02. The van der Waals surface area contributed by atoms with Crippen molar-refractivity contribution in [2.45, 2.75) is 25.2 Å². The van der Waals surface area contributed by atoms with Gasteiger partial charge in [0.15, 0.2) is 0 Å². The Labute approximate surface area is 174 Å². The number of amides is 1. The lowest BCUT2D eigenvalue weighted by molar-refractivity contribution is -0.145. The number of Topliss-reactive ketones (excluding diaryl/α,β-unsaturated/α-hetero) is 1. The summed E-state index contributed by atoms with van der Waals surface area (Å²) in [4.78, 5) is 31.0. The number of benzene rings is 2. The van der Waals surface area contributed by atoms with E-state index in [1.807, 2.05) is 6.07 Å². The van der Waals surface area contributed by atoms with E-state index in [-0.39, 0.29) is 18.2 Å². The first kappa shape index (κ1) is 20.0. The van der Waals surface area contributed by atoms with Gasteiger partial charge in [-0.2, -0.15) is 0 Å². The maximum Gasteiger partial charge on any atom is 0.290 e. The lowest BCUT2D eigenvalue weighted by Gasteiger charge is -2.32. The molecule has 1 fully saturated rings. The molecule has 0 bridgehead atoms. The second kappa shape index (κ2) is 8.61. The third-order valence-electron chi connectivity index (χ3n) is 5.72. The van der Waals surface area contributed by atoms with Gasteiger partial charge in [0.2, 0.25) is 5.78 Å². The first-order chi connectivity index (χ1) is 14.5. The summed E-state index contributed by atoms with van der Waals surface area (Å²) in [6.07, 6.45) is 3.29. The number of pyridine rings is 1. The summed E-state index contributed by atoms with van der Waals surface area (Å²) in [5, 5.41) is 0.817. The van der Waals surface area contributed by atoms with E-state index in [1.54, 1.807) is 48.5 Å². The van der Waals surface area contributed by atoms with Crippen LogP contribution in [0.3, 0.4) is 0 Å². The highest BCUT2D eigenvalue weighted by Gasteiger charge is 2.28. The Kier molecular flexibility index (Phi) is 5.74. The largest absolute Gasteiger partial charge is 0.497 e. The molecule has 0 aliphatic carbocycles. The van der Waals surface area contributed by atoms with Gasteiger partial charge in [-0.25, -0.2) is 4.39 Å². The Balaban J connectivity index is 1.40. The first-order valence-corrected chi connectivity index (χ1v) is 10.0. The van der Waals surface area contributed by atoms with Gasteiger partial charge >= 0.3 is 0 Å². The predicted molar refractivity (Wildman–Crippen MR) is 112 cm³/mol. The molecule has 5 nitrogen and oxygen atoms in total. The second-order valence-electron chi connectivity index (χ2n) is 7.58. The zero-order valence-corrected chi connectivity index (χ0v) is 16.8. The number of ketones is 1. The highest BCUT2D eigenvalue weighted by molar-refractivity contribution is 6.36. The van der Waals surface area contributed by atoms with Gasteiger partial charge in [0, 0.05) is 31.1 Å². The van der Waals surface area contributed by atoms with E-state index in [0.29, 0.717) is 18.8 Å². The number of methoxy groups -OCH3 is 1. The number of ether oxygens (including phenoxy) is 1. The number of hydrogen-bond donors (Lipinski definition) is 0. The number of hydrogen-bond acceptors (Lipinski definition) is 4. The van der Waals surface area contributed by atoms with E-state index < -0.39 is 11.7 Å². The molecule has 1 saturated heterocycles. The summed E-state index contributed by atoms with van der Waals surface area (Å²) in [7, 11) is 1.58. The highest BCUT2D eigenvalue weighted by atomic mass is 19.1. The third-order valence-corrected chi connectivity index (χ3v) is 5.72. The van der Waals surface area contributed by atoms with E-state index in [0.717, 1.165) is 34.9 Å². The molecule has 2 aromatic carbocycles. The summed E-state index contributed by atoms with van der Waals surface area (Å²) < 4.78 is 18.8. The molecule has 3 aromatic rings. The minimum absolute atomic E-state index is 0.0804. The van der Waals surface area contributed by atoms with Crippen molar-refractivity contribution in [3.8, 4) is 5.75 Å². The van der Waals surface area contributed by atoms with E-state index in [1.165, 1.54) is 12.1 Å². The second-order valence-corrected chi connectivity index (χ2v) is 7.58. The zero-order chi connectivity index (χ0) is 21.1. The molecule has 30 heavy (non-hydrogen) atoms. The summed E-state index contributed by atoms with van der Waals surface area (Å²) in [5.74, 6) is -0.209. The van der Waals surface area contributed by atoms with Crippen LogP contribution in [-0.4, -0.2) is 41.8 Å². The molecule has 0 atom stereocenters. The molecular weight excluding hydrogens is 383 g/mol. The van der Waals surface area contributed by atoms with Crippen molar-refractivity contribution >= 4 is 22.6 Å². The summed E-state index contributed by atoms with van der Waals surface area (Å²) in [5.41, 5.74) is 2.60. The minimum Gasteiger partial charge on any atom is -0.497 e. The number of piperidine rings is 1. The topological polar surface area (TPSA) is 59.5 Å². The fourth-order valence-electron chi connectivity index (χ4n) is 4.07. The summed E-state index contributed by atoms with van der Waals surface area (Å²) >= 11 is 0. The number of likely N-dealkylation sites (tertiary alicyclic amines) is 1. The Morgan fingerprint density at radius 2 is 1.83 bits per heavy atom. The Hall–Kier alpha value is -3.28. The Morgan fingerprint density at radius 1 is 1.10 bits per heavy atom. The van der Waals surface area contributed by atoms with Gasteiger partial charge in [0.05, 0.1) is 12.6 Å². The number of carbonyl (C=O) groups excluding carboxylic acids is 2. The van der Waals surface area contributed by atoms with E-state index >= 15 is 0 Å². The maximum atomic E-state index is 13.7. The van der Waals surface area contributed by atoms with Gasteiger partial charge in [0.25, 0.3) is 5.91 Å². The van der Waals surface area contributed by atoms with Crippen LogP contribution in [-0.2, 0) is 16.0 Å². The fourth-order valence-corrected chi connectivity index (χ4v) is 4.07. The van der Waals surface area contributed by atoms with Gasteiger partial charge in [-0.15, -0.1) is 0 Å². The molecule has 1 aliphatic heterocycles. The van der Waals surface area contributed by atoms with Gasteiger partial charge < -0.3 is 9.64 Å². The van der Waals surface area contributed by atoms with E-state index in [4.69, 9.17) is 4.74 Å². The molecule has 4 rings (SSSR count). The maximum absolute atomic E-state index is 13.7. The number of halogens is 1. The van der Waals surface area contributed by atoms with Crippen molar-refractivity contribution < 1.29 is 18.7 Å². The van der Waals surface area contributed by atoms with Crippen LogP contribution in [0.2, 0.25) is 0 Å². The number of aromatic nitrogens is 1. The van der Waals surface area contributed by atoms with Crippen LogP contribution in [0, 0.1) is 5.82 Å². The average molecular weight is 406 g/mol. The molecule has 154 valence electrons. The molecule has 0 saturated carbocycles. The van der Waals surface area contributed by atoms with Crippen molar-refractivity contribution in [1.82, 2.24) is 9.88 Å². The van der Waals surface area contributed by atoms with Crippen LogP contribution in [0.5, 0.6) is 5.75 Å². The van der Waals surface area contributed by atoms with Crippen LogP contribution in [0.25, 0.3) is 10.9 Å². The van der Waals surface area contributed by atoms with Crippen molar-refractivity contribution in [2.75, 3.05) is 20.2 Å². The predicted octanol–water partition coefficient (Wildman–Crippen LogP) is 3.90. The molecule has 0 radical (unpaired) electrons. The zero-order valence-electron chi connectivity index (χ0n) is 16.8. The van der Waals surface area contributed by atoms with E-state index in [2.05, 4.69) is 4.98 Å². The summed E-state index contributed by atoms with van der Waals surface area (Å²) in [6, 6.07) is 13.7. The standard InChI is InChI=1S/C24H23FN2O3/c1-30-19-5-2-16(3-6-19)14-23(28)24(29)27-12-9-17(10-13-27)20-8-11-26-22-7-4-18(25)15-21(20)22/h2-8,11,15,17H,9-10,12-14H2,1H3. The number of rotatable bonds is 5. The molecule has 0 spiro atoms. The molecule has 1 aliphatic rings. The SMILES string of the molecule is COc1ccc(CC(=O)C(=O)N2CCC(c3ccnc4ccc(F)cc34)CC2)cc1. The molecule has 1 amide bonds. The minimum atomic E-state index is -0.435. The van der Waals surface area contributed by atoms with Gasteiger partial charge in [-0.1, -0.05) is 12.1 Å². The molecule has 1 aromatic heterocycles. The normalized spacial score (nSPS) is 14.7. The lowest BCUT2D eigenvalue weighted by Crippen LogP contribution is -2.42. The molecular formula is C24H23FN2O3. The van der Waals surface area contributed by atoms with Crippen LogP contribution in [0.4, 0.5) is 4.39 Å². The average Bonchev–Trinajstić information content (AvgIpc) is 2.78. The number of nitrogens with zero attached hydrogens (tertiary/aromatic N) is 2.